The van der Waals surface area contributed by atoms with Crippen LogP contribution in [0.1, 0.15) is 0 Å². The first-order valence-electron chi connectivity index (χ1n) is 5.43. The van der Waals surface area contributed by atoms with Gasteiger partial charge in [0.1, 0.15) is 0 Å². The SMILES string of the molecule is CN(CCO)c1ccccc1N(C)CCO. The number of aliphatic hydroxyl groups is 2. The van der Waals surface area contributed by atoms with E-state index in [1.807, 2.05) is 48.2 Å². The third-order valence-electron chi connectivity index (χ3n) is 2.58. The van der Waals surface area contributed by atoms with Crippen LogP contribution in [0, 0.1) is 0 Å². The second kappa shape index (κ2) is 6.35. The number of hydrogen-bond acceptors (Lipinski definition) is 4. The van der Waals surface area contributed by atoms with Crippen LogP contribution in [0.5, 0.6) is 0 Å². The van der Waals surface area contributed by atoms with E-state index in [0.29, 0.717) is 13.1 Å². The molecule has 1 rings (SSSR count). The minimum atomic E-state index is 0.133. The fraction of sp³-hybridized carbons (Fsp3) is 0.500. The lowest BCUT2D eigenvalue weighted by molar-refractivity contribution is 0.302. The van der Waals surface area contributed by atoms with Gasteiger partial charge in [0.25, 0.3) is 0 Å². The molecule has 0 aromatic heterocycles. The van der Waals surface area contributed by atoms with Gasteiger partial charge in [0.2, 0.25) is 0 Å². The van der Waals surface area contributed by atoms with Gasteiger partial charge in [-0.2, -0.15) is 0 Å². The summed E-state index contributed by atoms with van der Waals surface area (Å²) in [5, 5.41) is 17.9. The van der Waals surface area contributed by atoms with E-state index in [-0.39, 0.29) is 13.2 Å². The number of hydrogen-bond donors (Lipinski definition) is 2. The summed E-state index contributed by atoms with van der Waals surface area (Å²) in [5.74, 6) is 0. The number of aliphatic hydroxyl groups excluding tert-OH is 2. The average Bonchev–Trinajstić information content (AvgIpc) is 2.30. The molecule has 90 valence electrons. The van der Waals surface area contributed by atoms with Crippen molar-refractivity contribution >= 4 is 11.4 Å². The molecule has 0 aliphatic rings. The Kier molecular flexibility index (Phi) is 5.08. The zero-order valence-electron chi connectivity index (χ0n) is 9.93. The van der Waals surface area contributed by atoms with Crippen molar-refractivity contribution in [2.75, 3.05) is 50.2 Å². The Hall–Kier alpha value is -1.26. The van der Waals surface area contributed by atoms with Gasteiger partial charge < -0.3 is 20.0 Å². The largest absolute Gasteiger partial charge is 0.395 e. The number of nitrogens with zero attached hydrogens (tertiary/aromatic N) is 2. The Labute approximate surface area is 96.7 Å². The molecule has 1 aromatic rings. The fourth-order valence-corrected chi connectivity index (χ4v) is 1.65. The first-order valence-corrected chi connectivity index (χ1v) is 5.43. The molecule has 16 heavy (non-hydrogen) atoms. The molecule has 0 aliphatic carbocycles. The second-order valence-electron chi connectivity index (χ2n) is 3.78. The molecule has 4 nitrogen and oxygen atoms in total. The average molecular weight is 224 g/mol. The highest BCUT2D eigenvalue weighted by atomic mass is 16.3. The third-order valence-corrected chi connectivity index (χ3v) is 2.58. The first kappa shape index (κ1) is 12.8. The van der Waals surface area contributed by atoms with Crippen LogP contribution in [0.3, 0.4) is 0 Å². The number of anilines is 2. The van der Waals surface area contributed by atoms with Gasteiger partial charge in [-0.25, -0.2) is 0 Å². The highest BCUT2D eigenvalue weighted by Gasteiger charge is 2.09. The maximum Gasteiger partial charge on any atom is 0.0606 e. The number of para-hydroxylation sites is 2. The maximum atomic E-state index is 8.94. The Morgan fingerprint density at radius 1 is 0.875 bits per heavy atom. The van der Waals surface area contributed by atoms with Crippen LogP contribution in [-0.2, 0) is 0 Å². The van der Waals surface area contributed by atoms with E-state index in [1.54, 1.807) is 0 Å². The summed E-state index contributed by atoms with van der Waals surface area (Å²) in [4.78, 5) is 4.01. The fourth-order valence-electron chi connectivity index (χ4n) is 1.65. The lowest BCUT2D eigenvalue weighted by Gasteiger charge is -2.27. The summed E-state index contributed by atoms with van der Waals surface area (Å²) in [6, 6.07) is 7.97. The molecule has 0 unspecified atom stereocenters. The molecule has 0 fully saturated rings. The Morgan fingerprint density at radius 3 is 1.56 bits per heavy atom. The molecule has 0 spiro atoms. The molecule has 0 heterocycles. The maximum absolute atomic E-state index is 8.94. The van der Waals surface area contributed by atoms with Gasteiger partial charge >= 0.3 is 0 Å². The molecular formula is C12H20N2O2. The number of rotatable bonds is 6. The zero-order chi connectivity index (χ0) is 12.0. The minimum Gasteiger partial charge on any atom is -0.395 e. The van der Waals surface area contributed by atoms with Crippen molar-refractivity contribution in [3.63, 3.8) is 0 Å². The molecule has 4 heteroatoms. The van der Waals surface area contributed by atoms with Crippen molar-refractivity contribution in [3.05, 3.63) is 24.3 Å². The third kappa shape index (κ3) is 3.12. The normalized spacial score (nSPS) is 10.2. The molecule has 0 amide bonds. The van der Waals surface area contributed by atoms with Gasteiger partial charge in [-0.3, -0.25) is 0 Å². The molecule has 0 bridgehead atoms. The van der Waals surface area contributed by atoms with Crippen molar-refractivity contribution in [1.29, 1.82) is 0 Å². The molecule has 0 saturated carbocycles. The van der Waals surface area contributed by atoms with E-state index in [1.165, 1.54) is 0 Å². The van der Waals surface area contributed by atoms with Crippen LogP contribution in [0.4, 0.5) is 11.4 Å². The van der Waals surface area contributed by atoms with Crippen molar-refractivity contribution < 1.29 is 10.2 Å². The highest BCUT2D eigenvalue weighted by molar-refractivity contribution is 5.70. The lowest BCUT2D eigenvalue weighted by atomic mass is 10.2. The summed E-state index contributed by atoms with van der Waals surface area (Å²) in [6.45, 7) is 1.47. The molecule has 2 N–H and O–H groups in total. The quantitative estimate of drug-likeness (QED) is 0.740. The lowest BCUT2D eigenvalue weighted by Crippen LogP contribution is -2.27. The summed E-state index contributed by atoms with van der Waals surface area (Å²) in [6.07, 6.45) is 0. The molecular weight excluding hydrogens is 204 g/mol. The summed E-state index contributed by atoms with van der Waals surface area (Å²) in [5.41, 5.74) is 2.13. The van der Waals surface area contributed by atoms with Crippen LogP contribution in [0.25, 0.3) is 0 Å². The number of likely N-dealkylation sites (N-methyl/N-ethyl adjacent to an activating group) is 2. The molecule has 0 atom stereocenters. The summed E-state index contributed by atoms with van der Waals surface area (Å²) >= 11 is 0. The smallest absolute Gasteiger partial charge is 0.0606 e. The van der Waals surface area contributed by atoms with Gasteiger partial charge in [0, 0.05) is 27.2 Å². The summed E-state index contributed by atoms with van der Waals surface area (Å²) < 4.78 is 0. The standard InChI is InChI=1S/C12H20N2O2/c1-13(7-9-15)11-5-3-4-6-12(11)14(2)8-10-16/h3-6,15-16H,7-10H2,1-2H3. The van der Waals surface area contributed by atoms with Crippen LogP contribution in [-0.4, -0.2) is 50.6 Å². The van der Waals surface area contributed by atoms with Crippen LogP contribution in [0.2, 0.25) is 0 Å². The Bertz CT molecular complexity index is 287. The van der Waals surface area contributed by atoms with E-state index >= 15 is 0 Å². The van der Waals surface area contributed by atoms with Crippen molar-refractivity contribution in [1.82, 2.24) is 0 Å². The minimum absolute atomic E-state index is 0.133. The van der Waals surface area contributed by atoms with Gasteiger partial charge in [0.15, 0.2) is 0 Å². The summed E-state index contributed by atoms with van der Waals surface area (Å²) in [7, 11) is 3.89. The molecule has 0 aliphatic heterocycles. The van der Waals surface area contributed by atoms with Crippen LogP contribution in [0.15, 0.2) is 24.3 Å². The molecule has 0 saturated heterocycles. The number of benzene rings is 1. The molecule has 1 aromatic carbocycles. The van der Waals surface area contributed by atoms with Crippen LogP contribution < -0.4 is 9.80 Å². The Morgan fingerprint density at radius 2 is 1.25 bits per heavy atom. The monoisotopic (exact) mass is 224 g/mol. The Balaban J connectivity index is 2.90. The van der Waals surface area contributed by atoms with E-state index in [2.05, 4.69) is 0 Å². The first-order chi connectivity index (χ1) is 7.70. The van der Waals surface area contributed by atoms with E-state index < -0.39 is 0 Å². The molecule has 0 radical (unpaired) electrons. The van der Waals surface area contributed by atoms with E-state index in [9.17, 15) is 0 Å². The van der Waals surface area contributed by atoms with Crippen molar-refractivity contribution in [2.24, 2.45) is 0 Å². The van der Waals surface area contributed by atoms with Crippen LogP contribution >= 0.6 is 0 Å². The van der Waals surface area contributed by atoms with E-state index in [4.69, 9.17) is 10.2 Å². The van der Waals surface area contributed by atoms with Crippen molar-refractivity contribution in [3.8, 4) is 0 Å². The van der Waals surface area contributed by atoms with Gasteiger partial charge in [-0.15, -0.1) is 0 Å². The van der Waals surface area contributed by atoms with Gasteiger partial charge in [0.05, 0.1) is 24.6 Å². The topological polar surface area (TPSA) is 46.9 Å². The highest BCUT2D eigenvalue weighted by Crippen LogP contribution is 2.27. The predicted molar refractivity (Wildman–Crippen MR) is 67.2 cm³/mol. The van der Waals surface area contributed by atoms with Gasteiger partial charge in [-0.1, -0.05) is 12.1 Å². The van der Waals surface area contributed by atoms with Gasteiger partial charge in [-0.05, 0) is 12.1 Å². The second-order valence-corrected chi connectivity index (χ2v) is 3.78. The van der Waals surface area contributed by atoms with E-state index in [0.717, 1.165) is 11.4 Å². The van der Waals surface area contributed by atoms with Crippen molar-refractivity contribution in [2.45, 2.75) is 0 Å². The zero-order valence-corrected chi connectivity index (χ0v) is 9.93. The predicted octanol–water partition coefficient (Wildman–Crippen LogP) is 0.544.